The Labute approximate surface area is 103 Å². The molecule has 0 bridgehead atoms. The summed E-state index contributed by atoms with van der Waals surface area (Å²) >= 11 is 0. The fraction of sp³-hybridized carbons (Fsp3) is 0.167. The van der Waals surface area contributed by atoms with E-state index in [-0.39, 0.29) is 29.3 Å². The molecule has 94 valence electrons. The highest BCUT2D eigenvalue weighted by atomic mass is 16.5. The molecule has 0 aliphatic carbocycles. The zero-order chi connectivity index (χ0) is 13.3. The maximum Gasteiger partial charge on any atom is 0.332 e. The first kappa shape index (κ1) is 12.0. The summed E-state index contributed by atoms with van der Waals surface area (Å²) in [5, 5.41) is 18.7. The van der Waals surface area contributed by atoms with Crippen LogP contribution in [0.25, 0.3) is 6.08 Å². The van der Waals surface area contributed by atoms with Crippen molar-refractivity contribution in [2.45, 2.75) is 6.42 Å². The molecular weight excluding hydrogens is 236 g/mol. The van der Waals surface area contributed by atoms with Crippen molar-refractivity contribution in [3.8, 4) is 11.5 Å². The van der Waals surface area contributed by atoms with Crippen molar-refractivity contribution in [1.29, 1.82) is 0 Å². The molecule has 0 aromatic heterocycles. The number of hydrogen-bond donors (Lipinski definition) is 3. The lowest BCUT2D eigenvalue weighted by molar-refractivity contribution is -0.132. The quantitative estimate of drug-likeness (QED) is 0.730. The minimum atomic E-state index is -1.05. The molecule has 6 nitrogen and oxygen atoms in total. The van der Waals surface area contributed by atoms with Gasteiger partial charge in [0.25, 0.3) is 0 Å². The van der Waals surface area contributed by atoms with Gasteiger partial charge in [0.05, 0.1) is 12.8 Å². The van der Waals surface area contributed by atoms with E-state index in [1.807, 2.05) is 0 Å². The topological polar surface area (TPSA) is 105 Å². The van der Waals surface area contributed by atoms with E-state index in [1.54, 1.807) is 0 Å². The van der Waals surface area contributed by atoms with Crippen molar-refractivity contribution in [2.75, 3.05) is 7.11 Å². The lowest BCUT2D eigenvalue weighted by Crippen LogP contribution is -2.14. The number of rotatable bonds is 2. The van der Waals surface area contributed by atoms with Crippen LogP contribution in [0.3, 0.4) is 0 Å². The van der Waals surface area contributed by atoms with Crippen LogP contribution < -0.4 is 10.5 Å². The van der Waals surface area contributed by atoms with E-state index in [0.717, 1.165) is 0 Å². The van der Waals surface area contributed by atoms with Crippen LogP contribution in [0.5, 0.6) is 11.5 Å². The van der Waals surface area contributed by atoms with Crippen molar-refractivity contribution >= 4 is 23.6 Å². The smallest absolute Gasteiger partial charge is 0.332 e. The molecule has 0 saturated carbocycles. The molecule has 6 heteroatoms. The number of nitrogens with zero attached hydrogens (tertiary/aromatic N) is 1. The van der Waals surface area contributed by atoms with Crippen LogP contribution in [-0.2, 0) is 4.79 Å². The maximum atomic E-state index is 11.0. The number of methoxy groups -OCH3 is 1. The van der Waals surface area contributed by atoms with Gasteiger partial charge in [0.15, 0.2) is 11.5 Å². The van der Waals surface area contributed by atoms with Gasteiger partial charge in [-0.1, -0.05) is 0 Å². The van der Waals surface area contributed by atoms with Crippen LogP contribution in [0.4, 0.5) is 5.69 Å². The normalized spacial score (nSPS) is 14.1. The van der Waals surface area contributed by atoms with Gasteiger partial charge < -0.3 is 20.7 Å². The van der Waals surface area contributed by atoms with Gasteiger partial charge in [-0.3, -0.25) is 0 Å². The number of fused-ring (bicyclic) bond motifs is 1. The van der Waals surface area contributed by atoms with Crippen molar-refractivity contribution in [2.24, 2.45) is 10.7 Å². The number of phenolic OH excluding ortho intramolecular Hbond substituents is 1. The van der Waals surface area contributed by atoms with Gasteiger partial charge in [0.2, 0.25) is 0 Å². The highest BCUT2D eigenvalue weighted by Gasteiger charge is 2.17. The van der Waals surface area contributed by atoms with Crippen LogP contribution >= 0.6 is 0 Å². The van der Waals surface area contributed by atoms with Gasteiger partial charge >= 0.3 is 5.97 Å². The molecule has 1 aliphatic rings. The number of aliphatic carboxylic acids is 1. The Kier molecular flexibility index (Phi) is 2.93. The Morgan fingerprint density at radius 1 is 1.50 bits per heavy atom. The second-order valence-corrected chi connectivity index (χ2v) is 3.84. The van der Waals surface area contributed by atoms with Gasteiger partial charge in [-0.25, -0.2) is 9.79 Å². The average molecular weight is 248 g/mol. The Bertz CT molecular complexity index is 576. The number of carbonyl (C=O) groups is 1. The van der Waals surface area contributed by atoms with Gasteiger partial charge in [0, 0.05) is 23.6 Å². The summed E-state index contributed by atoms with van der Waals surface area (Å²) < 4.78 is 4.97. The maximum absolute atomic E-state index is 11.0. The van der Waals surface area contributed by atoms with E-state index in [0.29, 0.717) is 11.3 Å². The monoisotopic (exact) mass is 248 g/mol. The van der Waals surface area contributed by atoms with E-state index in [2.05, 4.69) is 4.99 Å². The second kappa shape index (κ2) is 4.40. The SMILES string of the molecule is COc1cc2c(cc1O)N=C(N)CC(C(=O)O)=C2. The number of hydrogen-bond acceptors (Lipinski definition) is 5. The number of aliphatic imine (C=N–C) groups is 1. The van der Waals surface area contributed by atoms with Crippen LogP contribution in [0.1, 0.15) is 12.0 Å². The number of carboxylic acid groups (broad SMARTS) is 1. The number of nitrogens with two attached hydrogens (primary N) is 1. The van der Waals surface area contributed by atoms with E-state index in [1.165, 1.54) is 25.3 Å². The molecule has 0 amide bonds. The highest BCUT2D eigenvalue weighted by Crippen LogP contribution is 2.36. The van der Waals surface area contributed by atoms with Gasteiger partial charge in [-0.15, -0.1) is 0 Å². The van der Waals surface area contributed by atoms with Gasteiger partial charge in [-0.2, -0.15) is 0 Å². The molecule has 1 aromatic rings. The van der Waals surface area contributed by atoms with E-state index >= 15 is 0 Å². The van der Waals surface area contributed by atoms with Crippen LogP contribution in [0.2, 0.25) is 0 Å². The molecular formula is C12H12N2O4. The summed E-state index contributed by atoms with van der Waals surface area (Å²) in [6, 6.07) is 2.91. The predicted molar refractivity (Wildman–Crippen MR) is 66.2 cm³/mol. The summed E-state index contributed by atoms with van der Waals surface area (Å²) in [6.45, 7) is 0. The van der Waals surface area contributed by atoms with Gasteiger partial charge in [-0.05, 0) is 12.1 Å². The fourth-order valence-electron chi connectivity index (χ4n) is 1.71. The summed E-state index contributed by atoms with van der Waals surface area (Å²) in [5.41, 5.74) is 6.74. The molecule has 0 unspecified atom stereocenters. The first-order valence-corrected chi connectivity index (χ1v) is 5.19. The van der Waals surface area contributed by atoms with E-state index < -0.39 is 5.97 Å². The molecule has 0 spiro atoms. The third-order valence-electron chi connectivity index (χ3n) is 2.57. The fourth-order valence-corrected chi connectivity index (χ4v) is 1.71. The zero-order valence-electron chi connectivity index (χ0n) is 9.67. The number of phenols is 1. The first-order chi connectivity index (χ1) is 8.51. The molecule has 1 aromatic carbocycles. The van der Waals surface area contributed by atoms with Crippen molar-refractivity contribution < 1.29 is 19.7 Å². The third kappa shape index (κ3) is 2.13. The molecule has 0 atom stereocenters. The lowest BCUT2D eigenvalue weighted by Gasteiger charge is -2.06. The molecule has 0 saturated heterocycles. The first-order valence-electron chi connectivity index (χ1n) is 5.19. The summed E-state index contributed by atoms with van der Waals surface area (Å²) in [7, 11) is 1.41. The third-order valence-corrected chi connectivity index (χ3v) is 2.57. The van der Waals surface area contributed by atoms with Gasteiger partial charge in [0.1, 0.15) is 5.84 Å². The minimum absolute atomic E-state index is 0.0626. The average Bonchev–Trinajstić information content (AvgIpc) is 2.46. The Hall–Kier alpha value is -2.50. The molecule has 0 radical (unpaired) electrons. The summed E-state index contributed by atoms with van der Waals surface area (Å²) in [6.07, 6.45) is 1.54. The summed E-state index contributed by atoms with van der Waals surface area (Å²) in [4.78, 5) is 15.1. The largest absolute Gasteiger partial charge is 0.504 e. The number of benzene rings is 1. The van der Waals surface area contributed by atoms with Crippen LogP contribution in [0, 0.1) is 0 Å². The number of carboxylic acids is 1. The van der Waals surface area contributed by atoms with E-state index in [4.69, 9.17) is 15.6 Å². The van der Waals surface area contributed by atoms with Crippen molar-refractivity contribution in [1.82, 2.24) is 0 Å². The van der Waals surface area contributed by atoms with Crippen LogP contribution in [0.15, 0.2) is 22.7 Å². The highest BCUT2D eigenvalue weighted by molar-refractivity contribution is 6.02. The lowest BCUT2D eigenvalue weighted by atomic mass is 10.1. The molecule has 0 fully saturated rings. The summed E-state index contributed by atoms with van der Waals surface area (Å²) in [5.74, 6) is -0.676. The molecule has 18 heavy (non-hydrogen) atoms. The molecule has 2 rings (SSSR count). The van der Waals surface area contributed by atoms with Crippen molar-refractivity contribution in [3.63, 3.8) is 0 Å². The number of amidine groups is 1. The molecule has 4 N–H and O–H groups in total. The Balaban J connectivity index is 2.64. The van der Waals surface area contributed by atoms with Crippen LogP contribution in [-0.4, -0.2) is 29.1 Å². The number of aromatic hydroxyl groups is 1. The van der Waals surface area contributed by atoms with Crippen molar-refractivity contribution in [3.05, 3.63) is 23.3 Å². The second-order valence-electron chi connectivity index (χ2n) is 3.84. The molecule has 1 heterocycles. The zero-order valence-corrected chi connectivity index (χ0v) is 9.67. The molecule has 1 aliphatic heterocycles. The minimum Gasteiger partial charge on any atom is -0.504 e. The van der Waals surface area contributed by atoms with E-state index in [9.17, 15) is 9.90 Å². The standard InChI is InChI=1S/C12H12N2O4/c1-18-10-3-6-2-7(12(16)17)4-11(13)14-8(6)5-9(10)15/h2-3,5,15H,4H2,1H3,(H2,13,14)(H,16,17). The number of ether oxygens (including phenoxy) is 1. The predicted octanol–water partition coefficient (Wildman–Crippen LogP) is 1.26. The Morgan fingerprint density at radius 3 is 2.83 bits per heavy atom. The Morgan fingerprint density at radius 2 is 2.22 bits per heavy atom.